The number of rotatable bonds is 6. The first kappa shape index (κ1) is 13.6. The van der Waals surface area contributed by atoms with E-state index in [1.165, 1.54) is 6.33 Å². The Labute approximate surface area is 101 Å². The maximum atomic E-state index is 10.1. The summed E-state index contributed by atoms with van der Waals surface area (Å²) in [5.74, 6) is 6.38. The Bertz CT molecular complexity index is 354. The van der Waals surface area contributed by atoms with Crippen molar-refractivity contribution in [1.29, 1.82) is 0 Å². The highest BCUT2D eigenvalue weighted by Gasteiger charge is 2.21. The summed E-state index contributed by atoms with van der Waals surface area (Å²) in [6, 6.07) is 1.67. The number of likely N-dealkylation sites (N-methyl/N-ethyl adjacent to an activating group) is 1. The molecule has 1 unspecified atom stereocenters. The second kappa shape index (κ2) is 5.76. The Kier molecular flexibility index (Phi) is 4.62. The molecule has 0 aliphatic carbocycles. The predicted octanol–water partition coefficient (Wildman–Crippen LogP) is -0.513. The lowest BCUT2D eigenvalue weighted by Crippen LogP contribution is -2.43. The van der Waals surface area contributed by atoms with E-state index in [2.05, 4.69) is 20.7 Å². The maximum Gasteiger partial charge on any atom is 0.145 e. The van der Waals surface area contributed by atoms with Crippen LogP contribution in [-0.4, -0.2) is 52.8 Å². The normalized spacial score (nSPS) is 14.5. The molecule has 1 aromatic heterocycles. The molecule has 0 radical (unpaired) electrons. The fourth-order valence-corrected chi connectivity index (χ4v) is 1.55. The molecule has 7 heteroatoms. The van der Waals surface area contributed by atoms with E-state index in [1.54, 1.807) is 13.0 Å². The van der Waals surface area contributed by atoms with Crippen molar-refractivity contribution in [3.63, 3.8) is 0 Å². The molecule has 1 heterocycles. The number of nitrogens with zero attached hydrogens (tertiary/aromatic N) is 3. The molecule has 0 saturated carbocycles. The lowest BCUT2D eigenvalue weighted by Gasteiger charge is -2.27. The van der Waals surface area contributed by atoms with Gasteiger partial charge in [0.1, 0.15) is 18.0 Å². The molecule has 1 rings (SSSR count). The molecule has 17 heavy (non-hydrogen) atoms. The molecule has 0 amide bonds. The Morgan fingerprint density at radius 2 is 2.06 bits per heavy atom. The Morgan fingerprint density at radius 3 is 2.65 bits per heavy atom. The largest absolute Gasteiger partial charge is 0.387 e. The number of anilines is 2. The minimum absolute atomic E-state index is 0.395. The van der Waals surface area contributed by atoms with E-state index in [1.807, 2.05) is 19.0 Å². The molecule has 0 aliphatic rings. The monoisotopic (exact) mass is 240 g/mol. The zero-order valence-electron chi connectivity index (χ0n) is 10.4. The molecule has 0 spiro atoms. The topological polar surface area (TPSA) is 99.3 Å². The van der Waals surface area contributed by atoms with Crippen molar-refractivity contribution >= 4 is 11.6 Å². The average molecular weight is 240 g/mol. The van der Waals surface area contributed by atoms with Gasteiger partial charge in [0.2, 0.25) is 0 Å². The number of nitrogen functional groups attached to an aromatic ring is 1. The number of nitrogens with two attached hydrogens (primary N) is 1. The molecule has 0 fully saturated rings. The molecule has 5 N–H and O–H groups in total. The third kappa shape index (κ3) is 4.94. The van der Waals surface area contributed by atoms with Crippen molar-refractivity contribution in [1.82, 2.24) is 14.9 Å². The smallest absolute Gasteiger partial charge is 0.145 e. The van der Waals surface area contributed by atoms with E-state index in [4.69, 9.17) is 5.84 Å². The van der Waals surface area contributed by atoms with Crippen LogP contribution in [-0.2, 0) is 0 Å². The van der Waals surface area contributed by atoms with Crippen molar-refractivity contribution in [3.8, 4) is 0 Å². The molecule has 0 bridgehead atoms. The number of hydrogen-bond acceptors (Lipinski definition) is 7. The highest BCUT2D eigenvalue weighted by molar-refractivity contribution is 5.45. The Balaban J connectivity index is 2.54. The number of nitrogens with one attached hydrogen (secondary N) is 2. The van der Waals surface area contributed by atoms with Crippen molar-refractivity contribution in [3.05, 3.63) is 12.4 Å². The highest BCUT2D eigenvalue weighted by atomic mass is 16.3. The average Bonchev–Trinajstić information content (AvgIpc) is 2.25. The van der Waals surface area contributed by atoms with E-state index < -0.39 is 5.60 Å². The number of hydrazine groups is 1. The summed E-state index contributed by atoms with van der Waals surface area (Å²) in [6.07, 6.45) is 1.40. The molecule has 1 aromatic rings. The minimum Gasteiger partial charge on any atom is -0.387 e. The summed E-state index contributed by atoms with van der Waals surface area (Å²) >= 11 is 0. The maximum absolute atomic E-state index is 10.1. The molecular weight excluding hydrogens is 220 g/mol. The zero-order chi connectivity index (χ0) is 12.9. The van der Waals surface area contributed by atoms with E-state index in [-0.39, 0.29) is 0 Å². The van der Waals surface area contributed by atoms with Crippen LogP contribution >= 0.6 is 0 Å². The van der Waals surface area contributed by atoms with E-state index >= 15 is 0 Å². The van der Waals surface area contributed by atoms with Crippen LogP contribution in [0.4, 0.5) is 11.6 Å². The lowest BCUT2D eigenvalue weighted by molar-refractivity contribution is 0.0459. The van der Waals surface area contributed by atoms with Crippen molar-refractivity contribution in [2.45, 2.75) is 12.5 Å². The van der Waals surface area contributed by atoms with Crippen LogP contribution in [0.1, 0.15) is 6.92 Å². The number of aliphatic hydroxyl groups is 1. The standard InChI is InChI=1S/C10H20N6O/c1-10(17,6-16(2)3)5-12-8-4-9(15-11)14-7-13-8/h4,7,17H,5-6,11H2,1-3H3,(H2,12,13,14,15). The van der Waals surface area contributed by atoms with Gasteiger partial charge < -0.3 is 20.7 Å². The second-order valence-corrected chi connectivity index (χ2v) is 4.52. The van der Waals surface area contributed by atoms with Gasteiger partial charge in [0.05, 0.1) is 5.60 Å². The highest BCUT2D eigenvalue weighted by Crippen LogP contribution is 2.10. The fraction of sp³-hybridized carbons (Fsp3) is 0.600. The van der Waals surface area contributed by atoms with Crippen molar-refractivity contribution in [2.24, 2.45) is 5.84 Å². The summed E-state index contributed by atoms with van der Waals surface area (Å²) in [7, 11) is 3.82. The van der Waals surface area contributed by atoms with Gasteiger partial charge in [0.15, 0.2) is 0 Å². The summed E-state index contributed by atoms with van der Waals surface area (Å²) in [6.45, 7) is 2.72. The molecule has 7 nitrogen and oxygen atoms in total. The van der Waals surface area contributed by atoms with Crippen LogP contribution in [0.25, 0.3) is 0 Å². The van der Waals surface area contributed by atoms with Crippen LogP contribution in [0.15, 0.2) is 12.4 Å². The molecule has 96 valence electrons. The molecule has 1 atom stereocenters. The van der Waals surface area contributed by atoms with Crippen molar-refractivity contribution in [2.75, 3.05) is 37.9 Å². The van der Waals surface area contributed by atoms with Gasteiger partial charge >= 0.3 is 0 Å². The van der Waals surface area contributed by atoms with Gasteiger partial charge in [-0.1, -0.05) is 0 Å². The van der Waals surface area contributed by atoms with E-state index in [0.29, 0.717) is 24.7 Å². The molecule has 0 saturated heterocycles. The number of aromatic nitrogens is 2. The summed E-state index contributed by atoms with van der Waals surface area (Å²) < 4.78 is 0. The van der Waals surface area contributed by atoms with Crippen LogP contribution in [0, 0.1) is 0 Å². The quantitative estimate of drug-likeness (QED) is 0.392. The van der Waals surface area contributed by atoms with Gasteiger partial charge in [-0.25, -0.2) is 15.8 Å². The second-order valence-electron chi connectivity index (χ2n) is 4.52. The van der Waals surface area contributed by atoms with Gasteiger partial charge in [-0.3, -0.25) is 0 Å². The van der Waals surface area contributed by atoms with Crippen LogP contribution < -0.4 is 16.6 Å². The Morgan fingerprint density at radius 1 is 1.41 bits per heavy atom. The summed E-state index contributed by atoms with van der Waals surface area (Å²) in [5, 5.41) is 13.1. The SMILES string of the molecule is CN(C)CC(C)(O)CNc1cc(NN)ncn1. The first-order valence-corrected chi connectivity index (χ1v) is 5.32. The third-order valence-electron chi connectivity index (χ3n) is 2.12. The fourth-order valence-electron chi connectivity index (χ4n) is 1.55. The number of hydrogen-bond donors (Lipinski definition) is 4. The first-order chi connectivity index (χ1) is 7.93. The van der Waals surface area contributed by atoms with Gasteiger partial charge in [0, 0.05) is 19.2 Å². The van der Waals surface area contributed by atoms with Gasteiger partial charge in [-0.05, 0) is 21.0 Å². The summed E-state index contributed by atoms with van der Waals surface area (Å²) in [5.41, 5.74) is 1.61. The van der Waals surface area contributed by atoms with Crippen LogP contribution in [0.3, 0.4) is 0 Å². The molecule has 0 aliphatic heterocycles. The van der Waals surface area contributed by atoms with E-state index in [9.17, 15) is 5.11 Å². The van der Waals surface area contributed by atoms with Crippen molar-refractivity contribution < 1.29 is 5.11 Å². The Hall–Kier alpha value is -1.44. The first-order valence-electron chi connectivity index (χ1n) is 5.32. The van der Waals surface area contributed by atoms with Gasteiger partial charge in [-0.2, -0.15) is 0 Å². The third-order valence-corrected chi connectivity index (χ3v) is 2.12. The van der Waals surface area contributed by atoms with Crippen LogP contribution in [0.5, 0.6) is 0 Å². The molecular formula is C10H20N6O. The lowest BCUT2D eigenvalue weighted by atomic mass is 10.1. The molecule has 0 aromatic carbocycles. The van der Waals surface area contributed by atoms with Gasteiger partial charge in [0.25, 0.3) is 0 Å². The zero-order valence-corrected chi connectivity index (χ0v) is 10.4. The van der Waals surface area contributed by atoms with Gasteiger partial charge in [-0.15, -0.1) is 0 Å². The van der Waals surface area contributed by atoms with Crippen LogP contribution in [0.2, 0.25) is 0 Å². The summed E-state index contributed by atoms with van der Waals surface area (Å²) in [4.78, 5) is 9.84. The minimum atomic E-state index is -0.829. The predicted molar refractivity (Wildman–Crippen MR) is 67.5 cm³/mol. The van der Waals surface area contributed by atoms with E-state index in [0.717, 1.165) is 0 Å².